The highest BCUT2D eigenvalue weighted by atomic mass is 32.2. The number of para-hydroxylation sites is 2. The average Bonchev–Trinajstić information content (AvgIpc) is 2.59. The summed E-state index contributed by atoms with van der Waals surface area (Å²) in [5, 5.41) is 2.77. The number of anilines is 2. The molecule has 6 nitrogen and oxygen atoms in total. The van der Waals surface area contributed by atoms with Gasteiger partial charge in [-0.25, -0.2) is 8.42 Å². The number of hydrogen-bond donors (Lipinski definition) is 1. The van der Waals surface area contributed by atoms with Gasteiger partial charge >= 0.3 is 0 Å². The van der Waals surface area contributed by atoms with Crippen molar-refractivity contribution in [2.45, 2.75) is 33.7 Å². The van der Waals surface area contributed by atoms with Crippen LogP contribution in [0.3, 0.4) is 0 Å². The fourth-order valence-electron chi connectivity index (χ4n) is 2.76. The molecule has 0 fully saturated rings. The van der Waals surface area contributed by atoms with Gasteiger partial charge in [0.15, 0.2) is 0 Å². The monoisotopic (exact) mass is 390 g/mol. The number of nitrogens with zero attached hydrogens (tertiary/aromatic N) is 1. The number of ether oxygens (including phenoxy) is 1. The van der Waals surface area contributed by atoms with Gasteiger partial charge in [-0.1, -0.05) is 18.2 Å². The number of carbonyl (C=O) groups excluding carboxylic acids is 1. The van der Waals surface area contributed by atoms with Gasteiger partial charge < -0.3 is 10.1 Å². The molecule has 0 aliphatic heterocycles. The highest BCUT2D eigenvalue weighted by Crippen LogP contribution is 2.27. The highest BCUT2D eigenvalue weighted by molar-refractivity contribution is 7.92. The number of sulfonamides is 1. The Balaban J connectivity index is 2.34. The van der Waals surface area contributed by atoms with Gasteiger partial charge in [0.05, 0.1) is 24.2 Å². The van der Waals surface area contributed by atoms with Crippen LogP contribution < -0.4 is 14.4 Å². The summed E-state index contributed by atoms with van der Waals surface area (Å²) in [7, 11) is -3.66. The molecule has 0 aliphatic rings. The Morgan fingerprint density at radius 3 is 2.41 bits per heavy atom. The predicted molar refractivity (Wildman–Crippen MR) is 109 cm³/mol. The van der Waals surface area contributed by atoms with Crippen LogP contribution >= 0.6 is 0 Å². The maximum absolute atomic E-state index is 12.8. The predicted octanol–water partition coefficient (Wildman–Crippen LogP) is 3.50. The second kappa shape index (κ2) is 8.43. The first-order valence-electron chi connectivity index (χ1n) is 8.74. The lowest BCUT2D eigenvalue weighted by atomic mass is 10.1. The molecule has 2 rings (SSSR count). The van der Waals surface area contributed by atoms with E-state index < -0.39 is 22.0 Å². The lowest BCUT2D eigenvalue weighted by Gasteiger charge is -2.29. The first-order valence-corrected chi connectivity index (χ1v) is 10.6. The molecule has 0 aromatic heterocycles. The van der Waals surface area contributed by atoms with Crippen molar-refractivity contribution in [2.24, 2.45) is 0 Å². The second-order valence-corrected chi connectivity index (χ2v) is 8.28. The van der Waals surface area contributed by atoms with Gasteiger partial charge in [0.2, 0.25) is 15.9 Å². The molecule has 1 atom stereocenters. The van der Waals surface area contributed by atoms with E-state index in [-0.39, 0.29) is 0 Å². The quantitative estimate of drug-likeness (QED) is 0.785. The molecule has 2 aromatic rings. The van der Waals surface area contributed by atoms with E-state index in [0.29, 0.717) is 23.7 Å². The van der Waals surface area contributed by atoms with Crippen molar-refractivity contribution in [3.63, 3.8) is 0 Å². The summed E-state index contributed by atoms with van der Waals surface area (Å²) in [6, 6.07) is 11.4. The van der Waals surface area contributed by atoms with Crippen LogP contribution in [0.15, 0.2) is 42.5 Å². The van der Waals surface area contributed by atoms with E-state index in [1.54, 1.807) is 37.3 Å². The fourth-order valence-corrected chi connectivity index (χ4v) is 3.93. The number of benzene rings is 2. The molecule has 0 saturated carbocycles. The number of rotatable bonds is 7. The minimum Gasteiger partial charge on any atom is -0.492 e. The normalized spacial score (nSPS) is 12.3. The summed E-state index contributed by atoms with van der Waals surface area (Å²) in [5.41, 5.74) is 2.97. The smallest absolute Gasteiger partial charge is 0.248 e. The van der Waals surface area contributed by atoms with Crippen LogP contribution in [-0.4, -0.2) is 33.2 Å². The molecule has 0 bridgehead atoms. The molecule has 1 unspecified atom stereocenters. The van der Waals surface area contributed by atoms with Crippen molar-refractivity contribution < 1.29 is 17.9 Å². The van der Waals surface area contributed by atoms with Crippen molar-refractivity contribution in [1.29, 1.82) is 0 Å². The van der Waals surface area contributed by atoms with E-state index in [9.17, 15) is 13.2 Å². The number of amides is 1. The van der Waals surface area contributed by atoms with Crippen molar-refractivity contribution in [1.82, 2.24) is 0 Å². The SMILES string of the molecule is CCOc1ccccc1NC(=O)C(C)N(c1ccc(C)c(C)c1)S(C)(=O)=O. The fraction of sp³-hybridized carbons (Fsp3) is 0.350. The molecular weight excluding hydrogens is 364 g/mol. The third kappa shape index (κ3) is 5.01. The number of nitrogens with one attached hydrogen (secondary N) is 1. The third-order valence-corrected chi connectivity index (χ3v) is 5.52. The molecule has 1 amide bonds. The molecule has 0 heterocycles. The van der Waals surface area contributed by atoms with Gasteiger partial charge in [-0.3, -0.25) is 9.10 Å². The standard InChI is InChI=1S/C20H26N2O4S/c1-6-26-19-10-8-7-9-18(19)21-20(23)16(4)22(27(5,24)25)17-12-11-14(2)15(3)13-17/h7-13,16H,6H2,1-5H3,(H,21,23). The van der Waals surface area contributed by atoms with Crippen LogP contribution in [0.5, 0.6) is 5.75 Å². The first-order chi connectivity index (χ1) is 12.6. The zero-order chi connectivity index (χ0) is 20.2. The molecule has 1 N–H and O–H groups in total. The number of aryl methyl sites for hydroxylation is 2. The van der Waals surface area contributed by atoms with Crippen molar-refractivity contribution in [3.8, 4) is 5.75 Å². The van der Waals surface area contributed by atoms with Crippen LogP contribution in [0, 0.1) is 13.8 Å². The van der Waals surface area contributed by atoms with Crippen LogP contribution in [0.25, 0.3) is 0 Å². The Labute approximate surface area is 161 Å². The minimum atomic E-state index is -3.66. The largest absolute Gasteiger partial charge is 0.492 e. The lowest BCUT2D eigenvalue weighted by molar-refractivity contribution is -0.116. The molecule has 0 saturated heterocycles. The maximum Gasteiger partial charge on any atom is 0.248 e. The van der Waals surface area contributed by atoms with E-state index in [1.165, 1.54) is 0 Å². The molecule has 0 radical (unpaired) electrons. The van der Waals surface area contributed by atoms with Gasteiger partial charge in [0, 0.05) is 0 Å². The molecule has 7 heteroatoms. The van der Waals surface area contributed by atoms with E-state index in [2.05, 4.69) is 5.32 Å². The van der Waals surface area contributed by atoms with Gasteiger partial charge in [-0.05, 0) is 63.1 Å². The summed E-state index contributed by atoms with van der Waals surface area (Å²) >= 11 is 0. The van der Waals surface area contributed by atoms with Crippen molar-refractivity contribution in [2.75, 3.05) is 22.5 Å². The molecule has 0 spiro atoms. The number of carbonyl (C=O) groups is 1. The van der Waals surface area contributed by atoms with Crippen molar-refractivity contribution in [3.05, 3.63) is 53.6 Å². The molecule has 2 aromatic carbocycles. The number of hydrogen-bond acceptors (Lipinski definition) is 4. The Morgan fingerprint density at radius 1 is 1.15 bits per heavy atom. The molecule has 146 valence electrons. The summed E-state index contributed by atoms with van der Waals surface area (Å²) in [6.07, 6.45) is 1.10. The van der Waals surface area contributed by atoms with Gasteiger partial charge in [0.1, 0.15) is 11.8 Å². The van der Waals surface area contributed by atoms with Crippen LogP contribution in [0.2, 0.25) is 0 Å². The van der Waals surface area contributed by atoms with Crippen LogP contribution in [0.4, 0.5) is 11.4 Å². The molecule has 27 heavy (non-hydrogen) atoms. The highest BCUT2D eigenvalue weighted by Gasteiger charge is 2.29. The zero-order valence-electron chi connectivity index (χ0n) is 16.3. The molecule has 0 aliphatic carbocycles. The maximum atomic E-state index is 12.8. The molecular formula is C20H26N2O4S. The summed E-state index contributed by atoms with van der Waals surface area (Å²) in [5.74, 6) is 0.100. The van der Waals surface area contributed by atoms with Gasteiger partial charge in [-0.2, -0.15) is 0 Å². The summed E-state index contributed by atoms with van der Waals surface area (Å²) in [4.78, 5) is 12.8. The minimum absolute atomic E-state index is 0.439. The Kier molecular flexibility index (Phi) is 6.49. The second-order valence-electron chi connectivity index (χ2n) is 6.42. The van der Waals surface area contributed by atoms with E-state index in [4.69, 9.17) is 4.74 Å². The Bertz CT molecular complexity index is 925. The van der Waals surface area contributed by atoms with E-state index in [1.807, 2.05) is 32.9 Å². The van der Waals surface area contributed by atoms with Crippen LogP contribution in [-0.2, 0) is 14.8 Å². The van der Waals surface area contributed by atoms with E-state index >= 15 is 0 Å². The topological polar surface area (TPSA) is 75.7 Å². The third-order valence-electron chi connectivity index (χ3n) is 4.28. The van der Waals surface area contributed by atoms with Gasteiger partial charge in [0.25, 0.3) is 0 Å². The average molecular weight is 391 g/mol. The summed E-state index contributed by atoms with van der Waals surface area (Å²) in [6.45, 7) is 7.73. The van der Waals surface area contributed by atoms with Crippen LogP contribution in [0.1, 0.15) is 25.0 Å². The Morgan fingerprint density at radius 2 is 1.81 bits per heavy atom. The summed E-state index contributed by atoms with van der Waals surface area (Å²) < 4.78 is 31.5. The lowest BCUT2D eigenvalue weighted by Crippen LogP contribution is -2.45. The van der Waals surface area contributed by atoms with Crippen molar-refractivity contribution >= 4 is 27.3 Å². The zero-order valence-corrected chi connectivity index (χ0v) is 17.1. The first kappa shape index (κ1) is 20.8. The van der Waals surface area contributed by atoms with Gasteiger partial charge in [-0.15, -0.1) is 0 Å². The van der Waals surface area contributed by atoms with E-state index in [0.717, 1.165) is 21.7 Å². The Hall–Kier alpha value is -2.54.